The minimum Gasteiger partial charge on any atom is -0.460 e. The van der Waals surface area contributed by atoms with Gasteiger partial charge in [-0.2, -0.15) is 0 Å². The van der Waals surface area contributed by atoms with Crippen molar-refractivity contribution in [3.63, 3.8) is 0 Å². The van der Waals surface area contributed by atoms with Crippen LogP contribution in [0.3, 0.4) is 0 Å². The highest BCUT2D eigenvalue weighted by molar-refractivity contribution is 5.87. The van der Waals surface area contributed by atoms with E-state index >= 15 is 0 Å². The molecule has 0 bridgehead atoms. The first-order chi connectivity index (χ1) is 13.2. The second-order valence-corrected chi connectivity index (χ2v) is 8.01. The Labute approximate surface area is 160 Å². The zero-order chi connectivity index (χ0) is 18.6. The van der Waals surface area contributed by atoms with Gasteiger partial charge in [-0.05, 0) is 56.7 Å². The zero-order valence-corrected chi connectivity index (χ0v) is 16.2. The summed E-state index contributed by atoms with van der Waals surface area (Å²) >= 11 is 0. The van der Waals surface area contributed by atoms with Crippen molar-refractivity contribution in [3.05, 3.63) is 24.6 Å². The highest BCUT2D eigenvalue weighted by Crippen LogP contribution is 2.28. The highest BCUT2D eigenvalue weighted by atomic mass is 16.3. The number of anilines is 1. The molecule has 2 aromatic heterocycles. The summed E-state index contributed by atoms with van der Waals surface area (Å²) in [4.78, 5) is 20.7. The molecule has 1 aliphatic carbocycles. The fourth-order valence-electron chi connectivity index (χ4n) is 4.54. The summed E-state index contributed by atoms with van der Waals surface area (Å²) in [5.74, 6) is 1.90. The molecule has 1 amide bonds. The van der Waals surface area contributed by atoms with E-state index in [9.17, 15) is 4.79 Å². The minimum atomic E-state index is 0.107. The Balaban J connectivity index is 1.21. The molecule has 1 aliphatic heterocycles. The third-order valence-electron chi connectivity index (χ3n) is 6.13. The van der Waals surface area contributed by atoms with Gasteiger partial charge in [0.1, 0.15) is 0 Å². The van der Waals surface area contributed by atoms with E-state index in [1.54, 1.807) is 13.2 Å². The van der Waals surface area contributed by atoms with Crippen LogP contribution in [0.1, 0.15) is 39.0 Å². The summed E-state index contributed by atoms with van der Waals surface area (Å²) < 4.78 is 5.64. The molecule has 0 atom stereocenters. The monoisotopic (exact) mass is 370 g/mol. The first-order valence-corrected chi connectivity index (χ1v) is 10.3. The lowest BCUT2D eigenvalue weighted by Crippen LogP contribution is -2.47. The van der Waals surface area contributed by atoms with Gasteiger partial charge in [0.05, 0.1) is 6.26 Å². The van der Waals surface area contributed by atoms with Gasteiger partial charge >= 0.3 is 0 Å². The quantitative estimate of drug-likeness (QED) is 0.877. The normalized spacial score (nSPS) is 24.3. The van der Waals surface area contributed by atoms with Crippen LogP contribution in [0.2, 0.25) is 0 Å². The summed E-state index contributed by atoms with van der Waals surface area (Å²) in [6.07, 6.45) is 9.65. The van der Waals surface area contributed by atoms with Crippen LogP contribution in [0.15, 0.2) is 29.0 Å². The molecule has 0 radical (unpaired) electrons. The third kappa shape index (κ3) is 4.43. The van der Waals surface area contributed by atoms with Gasteiger partial charge < -0.3 is 14.6 Å². The molecule has 1 N–H and O–H groups in total. The van der Waals surface area contributed by atoms with Gasteiger partial charge in [0.2, 0.25) is 5.91 Å². The smallest absolute Gasteiger partial charge is 0.217 e. The van der Waals surface area contributed by atoms with Gasteiger partial charge in [-0.1, -0.05) is 0 Å². The zero-order valence-electron chi connectivity index (χ0n) is 16.2. The molecular formula is C21H30N4O2. The number of aromatic nitrogens is 1. The van der Waals surface area contributed by atoms with Gasteiger partial charge in [0, 0.05) is 50.7 Å². The SMILES string of the molecule is CC(=O)NC1CCC(CCN2CCN(c3nccc4ccoc34)CC2)CC1. The topological polar surface area (TPSA) is 61.6 Å². The largest absolute Gasteiger partial charge is 0.460 e. The van der Waals surface area contributed by atoms with Crippen LogP contribution in [0, 0.1) is 5.92 Å². The standard InChI is InChI=1S/C21H30N4O2/c1-16(26)23-19-4-2-17(3-5-19)7-10-24-11-13-25(14-12-24)21-20-18(6-9-22-21)8-15-27-20/h6,8-9,15,17,19H,2-5,7,10-14H2,1H3,(H,23,26). The average Bonchev–Trinajstić information content (AvgIpc) is 3.16. The van der Waals surface area contributed by atoms with Crippen LogP contribution >= 0.6 is 0 Å². The van der Waals surface area contributed by atoms with Crippen LogP contribution in [0.4, 0.5) is 5.82 Å². The van der Waals surface area contributed by atoms with E-state index in [0.717, 1.165) is 61.7 Å². The Bertz CT molecular complexity index is 758. The Kier molecular flexibility index (Phi) is 5.62. The third-order valence-corrected chi connectivity index (χ3v) is 6.13. The molecule has 2 aliphatic rings. The summed E-state index contributed by atoms with van der Waals surface area (Å²) in [6, 6.07) is 4.40. The number of nitrogens with one attached hydrogen (secondary N) is 1. The number of furan rings is 1. The second kappa shape index (κ2) is 8.30. The van der Waals surface area contributed by atoms with E-state index in [4.69, 9.17) is 4.42 Å². The van der Waals surface area contributed by atoms with E-state index in [2.05, 4.69) is 20.1 Å². The fraction of sp³-hybridized carbons (Fsp3) is 0.619. The fourth-order valence-corrected chi connectivity index (χ4v) is 4.54. The predicted octanol–water partition coefficient (Wildman–Crippen LogP) is 3.03. The Hall–Kier alpha value is -2.08. The first kappa shape index (κ1) is 18.3. The lowest BCUT2D eigenvalue weighted by Gasteiger charge is -2.36. The van der Waals surface area contributed by atoms with Crippen LogP contribution in [0.25, 0.3) is 11.0 Å². The second-order valence-electron chi connectivity index (χ2n) is 8.01. The Morgan fingerprint density at radius 3 is 2.70 bits per heavy atom. The molecular weight excluding hydrogens is 340 g/mol. The Morgan fingerprint density at radius 2 is 1.96 bits per heavy atom. The number of nitrogens with zero attached hydrogens (tertiary/aromatic N) is 3. The number of hydrogen-bond donors (Lipinski definition) is 1. The number of amides is 1. The summed E-state index contributed by atoms with van der Waals surface area (Å²) in [6.45, 7) is 6.97. The van der Waals surface area contributed by atoms with Gasteiger partial charge in [0.15, 0.2) is 11.4 Å². The number of rotatable bonds is 5. The molecule has 4 rings (SSSR count). The number of piperazine rings is 1. The lowest BCUT2D eigenvalue weighted by molar-refractivity contribution is -0.119. The molecule has 6 nitrogen and oxygen atoms in total. The van der Waals surface area contributed by atoms with Crippen LogP contribution in [-0.4, -0.2) is 54.6 Å². The van der Waals surface area contributed by atoms with Gasteiger partial charge in [0.25, 0.3) is 0 Å². The number of carbonyl (C=O) groups excluding carboxylic acids is 1. The molecule has 27 heavy (non-hydrogen) atoms. The van der Waals surface area contributed by atoms with Crippen molar-refractivity contribution in [2.45, 2.75) is 45.1 Å². The lowest BCUT2D eigenvalue weighted by atomic mass is 9.84. The molecule has 2 aromatic rings. The maximum absolute atomic E-state index is 11.2. The molecule has 0 unspecified atom stereocenters. The van der Waals surface area contributed by atoms with Gasteiger partial charge in [-0.25, -0.2) is 4.98 Å². The molecule has 1 saturated heterocycles. The molecule has 6 heteroatoms. The molecule has 146 valence electrons. The van der Waals surface area contributed by atoms with E-state index in [1.807, 2.05) is 18.3 Å². The maximum atomic E-state index is 11.2. The summed E-state index contributed by atoms with van der Waals surface area (Å²) in [7, 11) is 0. The Morgan fingerprint density at radius 1 is 1.19 bits per heavy atom. The number of carbonyl (C=O) groups is 1. The molecule has 2 fully saturated rings. The van der Waals surface area contributed by atoms with E-state index < -0.39 is 0 Å². The summed E-state index contributed by atoms with van der Waals surface area (Å²) in [5.41, 5.74) is 0.905. The van der Waals surface area contributed by atoms with Gasteiger partial charge in [-0.15, -0.1) is 0 Å². The van der Waals surface area contributed by atoms with Crippen molar-refractivity contribution >= 4 is 22.7 Å². The first-order valence-electron chi connectivity index (χ1n) is 10.3. The van der Waals surface area contributed by atoms with Crippen molar-refractivity contribution in [2.24, 2.45) is 5.92 Å². The molecule has 3 heterocycles. The number of pyridine rings is 1. The molecule has 0 aromatic carbocycles. The predicted molar refractivity (Wildman–Crippen MR) is 107 cm³/mol. The minimum absolute atomic E-state index is 0.107. The van der Waals surface area contributed by atoms with Crippen molar-refractivity contribution < 1.29 is 9.21 Å². The van der Waals surface area contributed by atoms with Crippen molar-refractivity contribution in [3.8, 4) is 0 Å². The van der Waals surface area contributed by atoms with Crippen LogP contribution in [0.5, 0.6) is 0 Å². The summed E-state index contributed by atoms with van der Waals surface area (Å²) in [5, 5.41) is 4.19. The molecule has 1 saturated carbocycles. The number of fused-ring (bicyclic) bond motifs is 1. The van der Waals surface area contributed by atoms with Crippen LogP contribution in [-0.2, 0) is 4.79 Å². The van der Waals surface area contributed by atoms with Crippen LogP contribution < -0.4 is 10.2 Å². The van der Waals surface area contributed by atoms with Crippen molar-refractivity contribution in [1.82, 2.24) is 15.2 Å². The van der Waals surface area contributed by atoms with E-state index in [-0.39, 0.29) is 5.91 Å². The van der Waals surface area contributed by atoms with E-state index in [1.165, 1.54) is 25.8 Å². The van der Waals surface area contributed by atoms with Crippen molar-refractivity contribution in [2.75, 3.05) is 37.6 Å². The average molecular weight is 370 g/mol. The highest BCUT2D eigenvalue weighted by Gasteiger charge is 2.24. The van der Waals surface area contributed by atoms with Crippen molar-refractivity contribution in [1.29, 1.82) is 0 Å². The number of hydrogen-bond acceptors (Lipinski definition) is 5. The molecule has 0 spiro atoms. The van der Waals surface area contributed by atoms with Gasteiger partial charge in [-0.3, -0.25) is 9.69 Å². The maximum Gasteiger partial charge on any atom is 0.217 e. The van der Waals surface area contributed by atoms with E-state index in [0.29, 0.717) is 6.04 Å².